The Morgan fingerprint density at radius 3 is 2.59 bits per heavy atom. The number of allylic oxidation sites excluding steroid dienone is 1. The van der Waals surface area contributed by atoms with E-state index in [4.69, 9.17) is 9.47 Å². The van der Waals surface area contributed by atoms with Crippen LogP contribution in [0.3, 0.4) is 0 Å². The van der Waals surface area contributed by atoms with E-state index >= 15 is 0 Å². The van der Waals surface area contributed by atoms with Gasteiger partial charge in [-0.3, -0.25) is 4.79 Å². The average Bonchev–Trinajstić information content (AvgIpc) is 3.04. The van der Waals surface area contributed by atoms with Crippen molar-refractivity contribution in [2.45, 2.75) is 13.5 Å². The maximum Gasteiger partial charge on any atom is 0.232 e. The molecule has 0 amide bonds. The van der Waals surface area contributed by atoms with Gasteiger partial charge in [-0.05, 0) is 47.4 Å². The normalized spacial score (nSPS) is 13.9. The van der Waals surface area contributed by atoms with Crippen molar-refractivity contribution in [3.63, 3.8) is 0 Å². The van der Waals surface area contributed by atoms with Crippen molar-refractivity contribution in [1.82, 2.24) is 0 Å². The van der Waals surface area contributed by atoms with Crippen LogP contribution in [0.25, 0.3) is 12.2 Å². The Kier molecular flexibility index (Phi) is 5.36. The van der Waals surface area contributed by atoms with E-state index < -0.39 is 0 Å². The Morgan fingerprint density at radius 2 is 1.86 bits per heavy atom. The van der Waals surface area contributed by atoms with Crippen LogP contribution in [0.2, 0.25) is 0 Å². The quantitative estimate of drug-likeness (QED) is 0.414. The molecule has 0 atom stereocenters. The van der Waals surface area contributed by atoms with Gasteiger partial charge >= 0.3 is 0 Å². The third kappa shape index (κ3) is 4.03. The Balaban J connectivity index is 1.55. The highest BCUT2D eigenvalue weighted by Gasteiger charge is 2.30. The second kappa shape index (κ2) is 8.10. The minimum Gasteiger partial charge on any atom is -0.489 e. The van der Waals surface area contributed by atoms with Gasteiger partial charge in [0.2, 0.25) is 5.78 Å². The number of rotatable bonds is 5. The molecule has 1 heterocycles. The Bertz CT molecular complexity index is 1130. The number of aryl methyl sites for hydroxylation is 1. The summed E-state index contributed by atoms with van der Waals surface area (Å²) in [4.78, 5) is 12.8. The Morgan fingerprint density at radius 1 is 1.10 bits per heavy atom. The molecule has 1 aliphatic heterocycles. The van der Waals surface area contributed by atoms with Crippen LogP contribution in [0.15, 0.2) is 77.5 Å². The lowest BCUT2D eigenvalue weighted by Crippen LogP contribution is -2.00. The number of ether oxygens (including phenoxy) is 2. The SMILES string of the molecule is C=Cc1ccc(COc2cc(C)c3c(c2)O/C(=C\c2ccccc2Br)C3=O)cc1. The van der Waals surface area contributed by atoms with E-state index in [1.165, 1.54) is 0 Å². The van der Waals surface area contributed by atoms with Crippen molar-refractivity contribution < 1.29 is 14.3 Å². The summed E-state index contributed by atoms with van der Waals surface area (Å²) in [6.45, 7) is 6.09. The van der Waals surface area contributed by atoms with E-state index in [0.29, 0.717) is 29.4 Å². The van der Waals surface area contributed by atoms with Crippen molar-refractivity contribution in [3.8, 4) is 11.5 Å². The molecule has 0 aromatic heterocycles. The van der Waals surface area contributed by atoms with Crippen LogP contribution >= 0.6 is 15.9 Å². The van der Waals surface area contributed by atoms with Gasteiger partial charge in [0, 0.05) is 10.5 Å². The third-order valence-corrected chi connectivity index (χ3v) is 5.48. The smallest absolute Gasteiger partial charge is 0.232 e. The number of ketones is 1. The zero-order valence-electron chi connectivity index (χ0n) is 15.9. The van der Waals surface area contributed by atoms with Gasteiger partial charge in [-0.25, -0.2) is 0 Å². The first-order valence-corrected chi connectivity index (χ1v) is 10.0. The number of fused-ring (bicyclic) bond motifs is 1. The molecule has 0 N–H and O–H groups in total. The maximum atomic E-state index is 12.8. The number of benzene rings is 3. The fourth-order valence-corrected chi connectivity index (χ4v) is 3.61. The molecule has 0 saturated carbocycles. The van der Waals surface area contributed by atoms with Crippen LogP contribution in [-0.4, -0.2) is 5.78 Å². The summed E-state index contributed by atoms with van der Waals surface area (Å²) in [5.41, 5.74) is 4.44. The fourth-order valence-electron chi connectivity index (χ4n) is 3.21. The lowest BCUT2D eigenvalue weighted by Gasteiger charge is -2.09. The highest BCUT2D eigenvalue weighted by molar-refractivity contribution is 9.10. The van der Waals surface area contributed by atoms with Crippen LogP contribution in [-0.2, 0) is 6.61 Å². The second-order valence-electron chi connectivity index (χ2n) is 6.81. The monoisotopic (exact) mass is 446 g/mol. The van der Waals surface area contributed by atoms with E-state index in [2.05, 4.69) is 22.5 Å². The molecule has 3 nitrogen and oxygen atoms in total. The summed E-state index contributed by atoms with van der Waals surface area (Å²) in [5.74, 6) is 1.40. The minimum absolute atomic E-state index is 0.111. The van der Waals surface area contributed by atoms with Gasteiger partial charge in [-0.2, -0.15) is 0 Å². The third-order valence-electron chi connectivity index (χ3n) is 4.76. The highest BCUT2D eigenvalue weighted by atomic mass is 79.9. The Labute approximate surface area is 178 Å². The minimum atomic E-state index is -0.111. The van der Waals surface area contributed by atoms with Crippen LogP contribution in [0.5, 0.6) is 11.5 Å². The summed E-state index contributed by atoms with van der Waals surface area (Å²) < 4.78 is 12.7. The van der Waals surface area contributed by atoms with Crippen LogP contribution in [0, 0.1) is 6.92 Å². The van der Waals surface area contributed by atoms with Crippen molar-refractivity contribution in [2.24, 2.45) is 0 Å². The molecule has 0 aliphatic carbocycles. The predicted molar refractivity (Wildman–Crippen MR) is 119 cm³/mol. The van der Waals surface area contributed by atoms with Crippen molar-refractivity contribution in [3.05, 3.63) is 105 Å². The first-order chi connectivity index (χ1) is 14.0. The summed E-state index contributed by atoms with van der Waals surface area (Å²) in [6.07, 6.45) is 3.56. The number of carbonyl (C=O) groups is 1. The van der Waals surface area contributed by atoms with E-state index in [-0.39, 0.29) is 5.78 Å². The molecule has 1 aliphatic rings. The lowest BCUT2D eigenvalue weighted by molar-refractivity contribution is 0.101. The first-order valence-electron chi connectivity index (χ1n) is 9.23. The van der Waals surface area contributed by atoms with Gasteiger partial charge in [0.15, 0.2) is 5.76 Å². The molecule has 0 bridgehead atoms. The molecule has 0 fully saturated rings. The van der Waals surface area contributed by atoms with Crippen LogP contribution < -0.4 is 9.47 Å². The molecule has 0 spiro atoms. The Hall–Kier alpha value is -3.11. The standard InChI is InChI=1S/C25H19BrO3/c1-3-17-8-10-18(11-9-17)15-28-20-12-16(2)24-22(14-20)29-23(25(24)27)13-19-6-4-5-7-21(19)26/h3-14H,1,15H2,2H3/b23-13-. The van der Waals surface area contributed by atoms with Crippen LogP contribution in [0.1, 0.15) is 32.6 Å². The summed E-state index contributed by atoms with van der Waals surface area (Å²) >= 11 is 3.50. The van der Waals surface area contributed by atoms with Crippen molar-refractivity contribution in [2.75, 3.05) is 0 Å². The molecule has 0 saturated heterocycles. The lowest BCUT2D eigenvalue weighted by atomic mass is 10.0. The molecule has 29 heavy (non-hydrogen) atoms. The number of hydrogen-bond donors (Lipinski definition) is 0. The summed E-state index contributed by atoms with van der Waals surface area (Å²) in [7, 11) is 0. The zero-order chi connectivity index (χ0) is 20.4. The number of halogens is 1. The highest BCUT2D eigenvalue weighted by Crippen LogP contribution is 2.38. The fraction of sp³-hybridized carbons (Fsp3) is 0.0800. The first kappa shape index (κ1) is 19.2. The van der Waals surface area contributed by atoms with E-state index in [0.717, 1.165) is 26.7 Å². The van der Waals surface area contributed by atoms with Crippen molar-refractivity contribution >= 4 is 33.9 Å². The zero-order valence-corrected chi connectivity index (χ0v) is 17.5. The topological polar surface area (TPSA) is 35.5 Å². The summed E-state index contributed by atoms with van der Waals surface area (Å²) in [5, 5.41) is 0. The molecule has 144 valence electrons. The maximum absolute atomic E-state index is 12.8. The van der Waals surface area contributed by atoms with Gasteiger partial charge in [-0.15, -0.1) is 0 Å². The van der Waals surface area contributed by atoms with Gasteiger partial charge < -0.3 is 9.47 Å². The molecule has 4 rings (SSSR count). The molecule has 3 aromatic carbocycles. The number of hydrogen-bond acceptors (Lipinski definition) is 3. The molecular weight excluding hydrogens is 428 g/mol. The van der Waals surface area contributed by atoms with Gasteiger partial charge in [0.05, 0.1) is 5.56 Å². The van der Waals surface area contributed by atoms with Gasteiger partial charge in [0.1, 0.15) is 18.1 Å². The molecule has 0 radical (unpaired) electrons. The summed E-state index contributed by atoms with van der Waals surface area (Å²) in [6, 6.07) is 19.4. The predicted octanol–water partition coefficient (Wildman–Crippen LogP) is 6.60. The average molecular weight is 447 g/mol. The molecular formula is C25H19BrO3. The van der Waals surface area contributed by atoms with Crippen molar-refractivity contribution in [1.29, 1.82) is 0 Å². The van der Waals surface area contributed by atoms with Gasteiger partial charge in [-0.1, -0.05) is 71.0 Å². The van der Waals surface area contributed by atoms with E-state index in [9.17, 15) is 4.79 Å². The van der Waals surface area contributed by atoms with E-state index in [1.54, 1.807) is 12.1 Å². The second-order valence-corrected chi connectivity index (χ2v) is 7.66. The number of Topliss-reactive ketones (excluding diaryl/α,β-unsaturated/α-hetero) is 1. The molecule has 4 heteroatoms. The van der Waals surface area contributed by atoms with Gasteiger partial charge in [0.25, 0.3) is 0 Å². The molecule has 0 unspecified atom stereocenters. The largest absolute Gasteiger partial charge is 0.489 e. The molecule has 3 aromatic rings. The van der Waals surface area contributed by atoms with Crippen LogP contribution in [0.4, 0.5) is 0 Å². The number of carbonyl (C=O) groups excluding carboxylic acids is 1. The van der Waals surface area contributed by atoms with E-state index in [1.807, 2.05) is 67.6 Å².